The Hall–Kier alpha value is -1.25. The molecule has 0 saturated carbocycles. The van der Waals surface area contributed by atoms with Gasteiger partial charge in [-0.3, -0.25) is 0 Å². The fourth-order valence-electron chi connectivity index (χ4n) is 1.75. The van der Waals surface area contributed by atoms with Crippen LogP contribution in [0, 0.1) is 6.92 Å². The molecular formula is C11H7Cl2F3N2O2S. The fraction of sp³-hybridized carbons (Fsp3) is 0.182. The Kier molecular flexibility index (Phi) is 3.98. The van der Waals surface area contributed by atoms with Crippen molar-refractivity contribution in [1.82, 2.24) is 9.78 Å². The molecule has 114 valence electrons. The molecule has 0 unspecified atom stereocenters. The van der Waals surface area contributed by atoms with E-state index in [2.05, 4.69) is 5.10 Å². The van der Waals surface area contributed by atoms with Gasteiger partial charge in [-0.15, -0.1) is 0 Å². The van der Waals surface area contributed by atoms with E-state index in [-0.39, 0.29) is 16.5 Å². The second-order valence-corrected chi connectivity index (χ2v) is 6.96. The van der Waals surface area contributed by atoms with Crippen LogP contribution < -0.4 is 0 Å². The number of nitrogens with zero attached hydrogens (tertiary/aromatic N) is 2. The molecule has 21 heavy (non-hydrogen) atoms. The van der Waals surface area contributed by atoms with Gasteiger partial charge >= 0.3 is 6.18 Å². The molecule has 0 aliphatic rings. The third-order valence-corrected chi connectivity index (χ3v) is 4.51. The molecule has 0 amide bonds. The van der Waals surface area contributed by atoms with E-state index >= 15 is 0 Å². The molecular weight excluding hydrogens is 352 g/mol. The van der Waals surface area contributed by atoms with Crippen LogP contribution >= 0.6 is 22.3 Å². The summed E-state index contributed by atoms with van der Waals surface area (Å²) in [5.74, 6) is 0. The Balaban J connectivity index is 2.65. The number of halogens is 5. The molecule has 0 N–H and O–H groups in total. The van der Waals surface area contributed by atoms with E-state index in [0.29, 0.717) is 0 Å². The normalized spacial score (nSPS) is 12.7. The third-order valence-electron chi connectivity index (χ3n) is 2.61. The number of rotatable bonds is 2. The van der Waals surface area contributed by atoms with Gasteiger partial charge in [0.15, 0.2) is 5.15 Å². The maximum Gasteiger partial charge on any atom is 0.416 e. The van der Waals surface area contributed by atoms with Gasteiger partial charge in [-0.25, -0.2) is 13.1 Å². The molecule has 10 heteroatoms. The van der Waals surface area contributed by atoms with Crippen LogP contribution in [0.25, 0.3) is 5.69 Å². The third kappa shape index (κ3) is 3.17. The molecule has 0 bridgehead atoms. The van der Waals surface area contributed by atoms with Crippen molar-refractivity contribution in [3.8, 4) is 5.69 Å². The van der Waals surface area contributed by atoms with E-state index in [1.54, 1.807) is 0 Å². The first-order chi connectivity index (χ1) is 9.51. The van der Waals surface area contributed by atoms with Gasteiger partial charge in [-0.2, -0.15) is 18.3 Å². The zero-order chi connectivity index (χ0) is 16.0. The van der Waals surface area contributed by atoms with Crippen molar-refractivity contribution in [2.75, 3.05) is 0 Å². The molecule has 0 spiro atoms. The molecule has 0 aliphatic heterocycles. The number of alkyl halides is 3. The summed E-state index contributed by atoms with van der Waals surface area (Å²) in [6.07, 6.45) is -4.54. The largest absolute Gasteiger partial charge is 0.416 e. The highest BCUT2D eigenvalue weighted by Crippen LogP contribution is 2.33. The molecule has 0 aliphatic carbocycles. The predicted octanol–water partition coefficient (Wildman–Crippen LogP) is 3.78. The van der Waals surface area contributed by atoms with Gasteiger partial charge in [-0.1, -0.05) is 17.7 Å². The molecule has 0 saturated heterocycles. The van der Waals surface area contributed by atoms with Gasteiger partial charge < -0.3 is 0 Å². The first kappa shape index (κ1) is 16.1. The van der Waals surface area contributed by atoms with Crippen LogP contribution in [0.15, 0.2) is 29.2 Å². The van der Waals surface area contributed by atoms with Gasteiger partial charge in [0, 0.05) is 10.7 Å². The summed E-state index contributed by atoms with van der Waals surface area (Å²) in [5.41, 5.74) is -0.934. The summed E-state index contributed by atoms with van der Waals surface area (Å²) >= 11 is 5.87. The maximum atomic E-state index is 12.7. The molecule has 2 rings (SSSR count). The number of hydrogen-bond donors (Lipinski definition) is 0. The van der Waals surface area contributed by atoms with Crippen LogP contribution in [0.4, 0.5) is 13.2 Å². The lowest BCUT2D eigenvalue weighted by Gasteiger charge is -2.09. The topological polar surface area (TPSA) is 52.0 Å². The van der Waals surface area contributed by atoms with Crippen molar-refractivity contribution in [2.45, 2.75) is 18.0 Å². The van der Waals surface area contributed by atoms with Crippen molar-refractivity contribution in [3.63, 3.8) is 0 Å². The van der Waals surface area contributed by atoms with Gasteiger partial charge in [-0.05, 0) is 25.1 Å². The van der Waals surface area contributed by atoms with Crippen LogP contribution in [0.2, 0.25) is 5.15 Å². The Labute approximate surface area is 127 Å². The second-order valence-electron chi connectivity index (χ2n) is 4.10. The lowest BCUT2D eigenvalue weighted by Crippen LogP contribution is -2.06. The zero-order valence-electron chi connectivity index (χ0n) is 10.3. The highest BCUT2D eigenvalue weighted by Gasteiger charge is 2.31. The fourth-order valence-corrected chi connectivity index (χ4v) is 3.68. The molecule has 1 aromatic heterocycles. The first-order valence-corrected chi connectivity index (χ1v) is 8.08. The van der Waals surface area contributed by atoms with Crippen LogP contribution in [0.1, 0.15) is 11.3 Å². The summed E-state index contributed by atoms with van der Waals surface area (Å²) in [4.78, 5) is -0.428. The van der Waals surface area contributed by atoms with Gasteiger partial charge in [0.25, 0.3) is 9.05 Å². The van der Waals surface area contributed by atoms with Gasteiger partial charge in [0.2, 0.25) is 0 Å². The van der Waals surface area contributed by atoms with Gasteiger partial charge in [0.05, 0.1) is 16.9 Å². The van der Waals surface area contributed by atoms with E-state index in [0.717, 1.165) is 16.8 Å². The van der Waals surface area contributed by atoms with E-state index < -0.39 is 25.7 Å². The monoisotopic (exact) mass is 358 g/mol. The van der Waals surface area contributed by atoms with E-state index in [4.69, 9.17) is 22.3 Å². The minimum Gasteiger partial charge on any atom is -0.220 e. The number of aryl methyl sites for hydroxylation is 1. The van der Waals surface area contributed by atoms with E-state index in [1.807, 2.05) is 0 Å². The summed E-state index contributed by atoms with van der Waals surface area (Å²) in [6, 6.07) is 4.18. The van der Waals surface area contributed by atoms with Gasteiger partial charge in [0.1, 0.15) is 4.90 Å². The highest BCUT2D eigenvalue weighted by molar-refractivity contribution is 8.13. The highest BCUT2D eigenvalue weighted by atomic mass is 35.7. The smallest absolute Gasteiger partial charge is 0.220 e. The van der Waals surface area contributed by atoms with Crippen molar-refractivity contribution in [2.24, 2.45) is 0 Å². The SMILES string of the molecule is Cc1nn(-c2cccc(C(F)(F)F)c2)c(Cl)c1S(=O)(=O)Cl. The molecule has 0 radical (unpaired) electrons. The van der Waals surface area contributed by atoms with E-state index in [1.165, 1.54) is 19.1 Å². The molecule has 1 aromatic carbocycles. The van der Waals surface area contributed by atoms with Crippen LogP contribution in [0.3, 0.4) is 0 Å². The summed E-state index contributed by atoms with van der Waals surface area (Å²) in [6.45, 7) is 1.34. The standard InChI is InChI=1S/C11H7Cl2F3N2O2S/c1-6-9(21(13,19)20)10(12)18(17-6)8-4-2-3-7(5-8)11(14,15)16/h2-5H,1H3. The van der Waals surface area contributed by atoms with Crippen molar-refractivity contribution in [3.05, 3.63) is 40.7 Å². The summed E-state index contributed by atoms with van der Waals surface area (Å²) < 4.78 is 61.7. The summed E-state index contributed by atoms with van der Waals surface area (Å²) in [5, 5.41) is 3.45. The lowest BCUT2D eigenvalue weighted by atomic mass is 10.2. The Bertz CT molecular complexity index is 800. The number of benzene rings is 1. The quantitative estimate of drug-likeness (QED) is 0.767. The number of aromatic nitrogens is 2. The molecule has 0 atom stereocenters. The Morgan fingerprint density at radius 3 is 2.38 bits per heavy atom. The summed E-state index contributed by atoms with van der Waals surface area (Å²) in [7, 11) is 1.07. The Morgan fingerprint density at radius 2 is 1.90 bits per heavy atom. The van der Waals surface area contributed by atoms with Crippen LogP contribution in [-0.2, 0) is 15.2 Å². The molecule has 2 aromatic rings. The average Bonchev–Trinajstić information content (AvgIpc) is 2.63. The van der Waals surface area contributed by atoms with Crippen molar-refractivity contribution < 1.29 is 21.6 Å². The average molecular weight is 359 g/mol. The number of hydrogen-bond acceptors (Lipinski definition) is 3. The van der Waals surface area contributed by atoms with Crippen molar-refractivity contribution in [1.29, 1.82) is 0 Å². The molecule has 0 fully saturated rings. The lowest BCUT2D eigenvalue weighted by molar-refractivity contribution is -0.137. The predicted molar refractivity (Wildman–Crippen MR) is 71.4 cm³/mol. The van der Waals surface area contributed by atoms with Crippen LogP contribution in [-0.4, -0.2) is 18.2 Å². The second kappa shape index (κ2) is 5.19. The minimum atomic E-state index is -4.54. The minimum absolute atomic E-state index is 0.00703. The van der Waals surface area contributed by atoms with Crippen molar-refractivity contribution >= 4 is 31.3 Å². The van der Waals surface area contributed by atoms with E-state index in [9.17, 15) is 21.6 Å². The molecule has 4 nitrogen and oxygen atoms in total. The first-order valence-electron chi connectivity index (χ1n) is 5.39. The molecule has 1 heterocycles. The van der Waals surface area contributed by atoms with Crippen LogP contribution in [0.5, 0.6) is 0 Å². The maximum absolute atomic E-state index is 12.7. The Morgan fingerprint density at radius 1 is 1.29 bits per heavy atom. The zero-order valence-corrected chi connectivity index (χ0v) is 12.6.